The van der Waals surface area contributed by atoms with Gasteiger partial charge in [0.25, 0.3) is 5.91 Å². The Morgan fingerprint density at radius 3 is 2.71 bits per heavy atom. The van der Waals surface area contributed by atoms with Crippen LogP contribution in [0.4, 0.5) is 5.69 Å². The summed E-state index contributed by atoms with van der Waals surface area (Å²) in [5, 5.41) is 4.13. The minimum atomic E-state index is -0.169. The first-order valence-electron chi connectivity index (χ1n) is 9.48. The molecule has 144 valence electrons. The largest absolute Gasteiger partial charge is 0.367 e. The summed E-state index contributed by atoms with van der Waals surface area (Å²) in [4.78, 5) is 34.7. The Kier molecular flexibility index (Phi) is 5.23. The number of amides is 2. The first-order chi connectivity index (χ1) is 13.7. The summed E-state index contributed by atoms with van der Waals surface area (Å²) < 4.78 is 0. The van der Waals surface area contributed by atoms with Gasteiger partial charge in [-0.25, -0.2) is 4.98 Å². The van der Waals surface area contributed by atoms with Gasteiger partial charge in [0.2, 0.25) is 6.41 Å². The number of H-pyrrole nitrogens is 1. The van der Waals surface area contributed by atoms with Gasteiger partial charge in [0.05, 0.1) is 11.9 Å². The van der Waals surface area contributed by atoms with E-state index in [1.54, 1.807) is 17.2 Å². The van der Waals surface area contributed by atoms with E-state index in [0.717, 1.165) is 37.1 Å². The first kappa shape index (κ1) is 18.0. The molecular weight excluding hydrogens is 354 g/mol. The van der Waals surface area contributed by atoms with Crippen LogP contribution in [0.25, 0.3) is 10.9 Å². The summed E-state index contributed by atoms with van der Waals surface area (Å²) in [7, 11) is 0. The first-order valence-corrected chi connectivity index (χ1v) is 9.48. The van der Waals surface area contributed by atoms with Crippen molar-refractivity contribution in [1.29, 1.82) is 0 Å². The molecule has 1 fully saturated rings. The highest BCUT2D eigenvalue weighted by molar-refractivity contribution is 5.92. The average Bonchev–Trinajstić information content (AvgIpc) is 3.17. The van der Waals surface area contributed by atoms with Crippen molar-refractivity contribution in [3.05, 3.63) is 60.0 Å². The van der Waals surface area contributed by atoms with E-state index in [1.807, 2.05) is 30.5 Å². The van der Waals surface area contributed by atoms with Gasteiger partial charge in [0.1, 0.15) is 5.69 Å². The second kappa shape index (κ2) is 8.12. The minimum Gasteiger partial charge on any atom is -0.367 e. The van der Waals surface area contributed by atoms with Gasteiger partial charge in [-0.1, -0.05) is 18.2 Å². The van der Waals surface area contributed by atoms with E-state index in [9.17, 15) is 9.59 Å². The van der Waals surface area contributed by atoms with Gasteiger partial charge in [0, 0.05) is 49.8 Å². The van der Waals surface area contributed by atoms with Crippen LogP contribution in [0, 0.1) is 0 Å². The van der Waals surface area contributed by atoms with Gasteiger partial charge < -0.3 is 20.1 Å². The molecule has 1 saturated heterocycles. The van der Waals surface area contributed by atoms with Crippen LogP contribution < -0.4 is 10.2 Å². The number of fused-ring (bicyclic) bond motifs is 1. The number of rotatable bonds is 6. The highest BCUT2D eigenvalue weighted by atomic mass is 16.2. The molecule has 0 saturated carbocycles. The molecule has 0 unspecified atom stereocenters. The molecule has 1 aromatic carbocycles. The monoisotopic (exact) mass is 377 g/mol. The fourth-order valence-electron chi connectivity index (χ4n) is 3.53. The SMILES string of the molecule is O=CN1CCN(c2ccc(C(=O)NCCc3c[nH]c4ccccc34)nc2)CC1. The van der Waals surface area contributed by atoms with Crippen LogP contribution in [0.2, 0.25) is 0 Å². The zero-order valence-corrected chi connectivity index (χ0v) is 15.6. The predicted octanol–water partition coefficient (Wildman–Crippen LogP) is 1.81. The highest BCUT2D eigenvalue weighted by Crippen LogP contribution is 2.18. The fourth-order valence-corrected chi connectivity index (χ4v) is 3.53. The number of hydrogen-bond acceptors (Lipinski definition) is 4. The van der Waals surface area contributed by atoms with Crippen molar-refractivity contribution in [3.8, 4) is 0 Å². The van der Waals surface area contributed by atoms with E-state index in [0.29, 0.717) is 25.3 Å². The number of piperazine rings is 1. The third kappa shape index (κ3) is 3.83. The van der Waals surface area contributed by atoms with Crippen molar-refractivity contribution in [2.24, 2.45) is 0 Å². The maximum Gasteiger partial charge on any atom is 0.269 e. The second-order valence-corrected chi connectivity index (χ2v) is 6.90. The molecule has 4 rings (SSSR count). The van der Waals surface area contributed by atoms with E-state index in [4.69, 9.17) is 0 Å². The molecule has 1 aliphatic rings. The number of hydrogen-bond donors (Lipinski definition) is 2. The predicted molar refractivity (Wildman–Crippen MR) is 108 cm³/mol. The topological polar surface area (TPSA) is 81.3 Å². The van der Waals surface area contributed by atoms with Gasteiger partial charge >= 0.3 is 0 Å². The van der Waals surface area contributed by atoms with Crippen LogP contribution in [-0.2, 0) is 11.2 Å². The molecule has 7 heteroatoms. The van der Waals surface area contributed by atoms with Crippen molar-refractivity contribution >= 4 is 28.9 Å². The molecule has 3 aromatic rings. The van der Waals surface area contributed by atoms with E-state index in [1.165, 1.54) is 10.9 Å². The van der Waals surface area contributed by atoms with E-state index in [2.05, 4.69) is 26.3 Å². The normalized spacial score (nSPS) is 14.3. The number of carbonyl (C=O) groups is 2. The molecule has 2 amide bonds. The standard InChI is InChI=1S/C21H23N5O2/c27-15-25-9-11-26(12-10-25)17-5-6-20(24-14-17)21(28)22-8-7-16-13-23-19-4-2-1-3-18(16)19/h1-6,13-15,23H,7-12H2,(H,22,28). The Hall–Kier alpha value is -3.35. The summed E-state index contributed by atoms with van der Waals surface area (Å²) >= 11 is 0. The van der Waals surface area contributed by atoms with Gasteiger partial charge in [-0.3, -0.25) is 9.59 Å². The number of aromatic amines is 1. The molecular formula is C21H23N5O2. The van der Waals surface area contributed by atoms with Crippen LogP contribution in [0.5, 0.6) is 0 Å². The van der Waals surface area contributed by atoms with Crippen LogP contribution >= 0.6 is 0 Å². The lowest BCUT2D eigenvalue weighted by Crippen LogP contribution is -2.45. The number of nitrogens with one attached hydrogen (secondary N) is 2. The van der Waals surface area contributed by atoms with E-state index in [-0.39, 0.29) is 5.91 Å². The second-order valence-electron chi connectivity index (χ2n) is 6.90. The maximum atomic E-state index is 12.4. The van der Waals surface area contributed by atoms with Crippen molar-refractivity contribution in [2.75, 3.05) is 37.6 Å². The fraction of sp³-hybridized carbons (Fsp3) is 0.286. The molecule has 2 aromatic heterocycles. The van der Waals surface area contributed by atoms with Crippen LogP contribution in [-0.4, -0.2) is 59.9 Å². The van der Waals surface area contributed by atoms with Crippen molar-refractivity contribution < 1.29 is 9.59 Å². The Balaban J connectivity index is 1.30. The lowest BCUT2D eigenvalue weighted by Gasteiger charge is -2.33. The maximum absolute atomic E-state index is 12.4. The van der Waals surface area contributed by atoms with E-state index < -0.39 is 0 Å². The van der Waals surface area contributed by atoms with E-state index >= 15 is 0 Å². The number of anilines is 1. The molecule has 3 heterocycles. The van der Waals surface area contributed by atoms with Crippen molar-refractivity contribution in [2.45, 2.75) is 6.42 Å². The molecule has 0 aliphatic carbocycles. The number of pyridine rings is 1. The molecule has 1 aliphatic heterocycles. The smallest absolute Gasteiger partial charge is 0.269 e. The van der Waals surface area contributed by atoms with Crippen molar-refractivity contribution in [1.82, 2.24) is 20.2 Å². The summed E-state index contributed by atoms with van der Waals surface area (Å²) in [6.45, 7) is 3.52. The summed E-state index contributed by atoms with van der Waals surface area (Å²) in [6.07, 6.45) is 5.37. The Bertz CT molecular complexity index is 958. The minimum absolute atomic E-state index is 0.169. The van der Waals surface area contributed by atoms with Gasteiger partial charge in [-0.05, 0) is 30.2 Å². The lowest BCUT2D eigenvalue weighted by molar-refractivity contribution is -0.118. The molecule has 0 spiro atoms. The number of nitrogens with zero attached hydrogens (tertiary/aromatic N) is 3. The molecule has 0 atom stereocenters. The third-order valence-corrected chi connectivity index (χ3v) is 5.16. The molecule has 0 bridgehead atoms. The molecule has 2 N–H and O–H groups in total. The molecule has 28 heavy (non-hydrogen) atoms. The lowest BCUT2D eigenvalue weighted by atomic mass is 10.1. The average molecular weight is 377 g/mol. The van der Waals surface area contributed by atoms with Crippen LogP contribution in [0.1, 0.15) is 16.1 Å². The van der Waals surface area contributed by atoms with Crippen molar-refractivity contribution in [3.63, 3.8) is 0 Å². The number of benzene rings is 1. The number of carbonyl (C=O) groups excluding carboxylic acids is 2. The third-order valence-electron chi connectivity index (χ3n) is 5.16. The zero-order valence-electron chi connectivity index (χ0n) is 15.6. The Morgan fingerprint density at radius 1 is 1.14 bits per heavy atom. The Labute approximate surface area is 163 Å². The Morgan fingerprint density at radius 2 is 1.96 bits per heavy atom. The molecule has 0 radical (unpaired) electrons. The summed E-state index contributed by atoms with van der Waals surface area (Å²) in [5.74, 6) is -0.169. The highest BCUT2D eigenvalue weighted by Gasteiger charge is 2.16. The number of aromatic nitrogens is 2. The number of para-hydroxylation sites is 1. The summed E-state index contributed by atoms with van der Waals surface area (Å²) in [5.41, 5.74) is 3.68. The van der Waals surface area contributed by atoms with Crippen LogP contribution in [0.15, 0.2) is 48.8 Å². The van der Waals surface area contributed by atoms with Gasteiger partial charge in [-0.2, -0.15) is 0 Å². The van der Waals surface area contributed by atoms with Gasteiger partial charge in [-0.15, -0.1) is 0 Å². The zero-order chi connectivity index (χ0) is 19.3. The quantitative estimate of drug-likeness (QED) is 0.642. The summed E-state index contributed by atoms with van der Waals surface area (Å²) in [6, 6.07) is 11.8. The molecule has 7 nitrogen and oxygen atoms in total. The van der Waals surface area contributed by atoms with Crippen LogP contribution in [0.3, 0.4) is 0 Å². The van der Waals surface area contributed by atoms with Gasteiger partial charge in [0.15, 0.2) is 0 Å².